The van der Waals surface area contributed by atoms with Crippen molar-refractivity contribution in [2.75, 3.05) is 10.0 Å². The molecular weight excluding hydrogens is 536 g/mol. The number of aliphatic hydroxyl groups excluding tert-OH is 2. The predicted molar refractivity (Wildman–Crippen MR) is 140 cm³/mol. The van der Waals surface area contributed by atoms with Gasteiger partial charge >= 0.3 is 6.36 Å². The number of anilines is 4. The van der Waals surface area contributed by atoms with Gasteiger partial charge in [-0.05, 0) is 83.9 Å². The lowest BCUT2D eigenvalue weighted by molar-refractivity contribution is -0.274. The van der Waals surface area contributed by atoms with Gasteiger partial charge in [0.1, 0.15) is 11.6 Å². The highest BCUT2D eigenvalue weighted by Gasteiger charge is 2.31. The fourth-order valence-corrected chi connectivity index (χ4v) is 3.34. The molecule has 0 amide bonds. The zero-order valence-corrected chi connectivity index (χ0v) is 20.6. The van der Waals surface area contributed by atoms with Gasteiger partial charge in [0, 0.05) is 0 Å². The second-order valence-corrected chi connectivity index (χ2v) is 7.95. The molecule has 40 heavy (non-hydrogen) atoms. The first-order valence-electron chi connectivity index (χ1n) is 11.4. The number of halogens is 4. The van der Waals surface area contributed by atoms with E-state index in [1.165, 1.54) is 36.4 Å². The van der Waals surface area contributed by atoms with Crippen LogP contribution >= 0.6 is 0 Å². The molecule has 2 N–H and O–H groups in total. The Labute approximate surface area is 225 Å². The molecule has 13 heteroatoms. The Morgan fingerprint density at radius 1 is 0.600 bits per heavy atom. The molecule has 9 nitrogen and oxygen atoms in total. The molecule has 0 bridgehead atoms. The lowest BCUT2D eigenvalue weighted by Crippen LogP contribution is -2.17. The van der Waals surface area contributed by atoms with E-state index in [4.69, 9.17) is 10.2 Å². The molecule has 4 rings (SSSR count). The van der Waals surface area contributed by atoms with Gasteiger partial charge in [0.15, 0.2) is 0 Å². The zero-order valence-electron chi connectivity index (χ0n) is 20.6. The summed E-state index contributed by atoms with van der Waals surface area (Å²) in [6, 6.07) is 23.2. The van der Waals surface area contributed by atoms with Crippen LogP contribution in [0.2, 0.25) is 0 Å². The number of rotatable bonds is 9. The van der Waals surface area contributed by atoms with Crippen LogP contribution in [0.15, 0.2) is 108 Å². The van der Waals surface area contributed by atoms with Crippen LogP contribution in [0.5, 0.6) is 5.75 Å². The summed E-state index contributed by atoms with van der Waals surface area (Å²) in [6.07, 6.45) is -4.77. The minimum atomic E-state index is -4.77. The Bertz CT molecular complexity index is 1370. The molecule has 0 unspecified atom stereocenters. The van der Waals surface area contributed by atoms with E-state index in [2.05, 4.69) is 15.3 Å². The van der Waals surface area contributed by atoms with Crippen molar-refractivity contribution >= 4 is 22.7 Å². The van der Waals surface area contributed by atoms with E-state index in [0.717, 1.165) is 27.7 Å². The van der Waals surface area contributed by atoms with Crippen molar-refractivity contribution in [3.63, 3.8) is 0 Å². The second kappa shape index (κ2) is 13.8. The van der Waals surface area contributed by atoms with Crippen LogP contribution in [-0.4, -0.2) is 16.6 Å². The van der Waals surface area contributed by atoms with E-state index in [-0.39, 0.29) is 24.7 Å². The van der Waals surface area contributed by atoms with E-state index in [9.17, 15) is 27.4 Å². The molecule has 0 aliphatic carbocycles. The maximum Gasteiger partial charge on any atom is 0.573 e. The molecule has 0 heterocycles. The third-order valence-corrected chi connectivity index (χ3v) is 5.28. The highest BCUT2D eigenvalue weighted by atomic mass is 19.4. The zero-order chi connectivity index (χ0) is 29.1. The molecule has 0 spiro atoms. The Balaban J connectivity index is 0.000000225. The fraction of sp³-hybridized carbons (Fsp3) is 0.111. The van der Waals surface area contributed by atoms with Gasteiger partial charge in [-0.3, -0.25) is 0 Å². The Hall–Kier alpha value is -4.88. The summed E-state index contributed by atoms with van der Waals surface area (Å²) in [4.78, 5) is 21.9. The van der Waals surface area contributed by atoms with Crippen LogP contribution in [0.1, 0.15) is 11.1 Å². The minimum Gasteiger partial charge on any atom is -0.406 e. The molecule has 0 aliphatic rings. The van der Waals surface area contributed by atoms with Crippen molar-refractivity contribution in [3.05, 3.63) is 124 Å². The van der Waals surface area contributed by atoms with Crippen molar-refractivity contribution in [1.82, 2.24) is 0 Å². The van der Waals surface area contributed by atoms with Gasteiger partial charge < -0.3 is 14.9 Å². The summed E-state index contributed by atoms with van der Waals surface area (Å²) in [7, 11) is 0. The summed E-state index contributed by atoms with van der Waals surface area (Å²) in [5.74, 6) is -0.766. The molecule has 0 aliphatic heterocycles. The van der Waals surface area contributed by atoms with Gasteiger partial charge in [-0.1, -0.05) is 24.3 Å². The Kier molecular flexibility index (Phi) is 10.2. The standard InChI is InChI=1S/C14H11F3N2O3.C13H11FN2O2/c15-14(16,17)22-13-7-5-12(6-8-13)19(18-21)11-3-1-10(9-20)2-4-11;14-11-3-7-13(8-4-11)16(15-18)12-5-1-10(9-17)2-6-12/h1-8,20H,9H2;1-8,17H,9H2. The van der Waals surface area contributed by atoms with Gasteiger partial charge in [-0.2, -0.15) is 10.0 Å². The largest absolute Gasteiger partial charge is 0.573 e. The monoisotopic (exact) mass is 558 g/mol. The van der Waals surface area contributed by atoms with Crippen LogP contribution in [0.3, 0.4) is 0 Å². The number of alkyl halides is 3. The second-order valence-electron chi connectivity index (χ2n) is 7.95. The summed E-state index contributed by atoms with van der Waals surface area (Å²) < 4.78 is 52.8. The van der Waals surface area contributed by atoms with E-state index >= 15 is 0 Å². The summed E-state index contributed by atoms with van der Waals surface area (Å²) in [5, 5.41) is 25.8. The fourth-order valence-electron chi connectivity index (χ4n) is 3.34. The van der Waals surface area contributed by atoms with E-state index in [1.807, 2.05) is 0 Å². The van der Waals surface area contributed by atoms with E-state index in [0.29, 0.717) is 22.6 Å². The van der Waals surface area contributed by atoms with E-state index in [1.54, 1.807) is 48.5 Å². The number of nitrogens with zero attached hydrogens (tertiary/aromatic N) is 4. The SMILES string of the molecule is O=NN(c1ccc(CO)cc1)c1ccc(OC(F)(F)F)cc1.O=NN(c1ccc(F)cc1)c1ccc(CO)cc1. The number of ether oxygens (including phenoxy) is 1. The van der Waals surface area contributed by atoms with Crippen molar-refractivity contribution in [1.29, 1.82) is 0 Å². The smallest absolute Gasteiger partial charge is 0.406 e. The van der Waals surface area contributed by atoms with Crippen molar-refractivity contribution in [3.8, 4) is 5.75 Å². The third-order valence-electron chi connectivity index (χ3n) is 5.28. The van der Waals surface area contributed by atoms with Crippen LogP contribution in [0, 0.1) is 15.6 Å². The Morgan fingerprint density at radius 2 is 0.925 bits per heavy atom. The first-order chi connectivity index (χ1) is 19.2. The van der Waals surface area contributed by atoms with Gasteiger partial charge in [0.25, 0.3) is 0 Å². The number of hydrogen-bond donors (Lipinski definition) is 2. The maximum atomic E-state index is 12.8. The van der Waals surface area contributed by atoms with Gasteiger partial charge in [0.2, 0.25) is 0 Å². The highest BCUT2D eigenvalue weighted by Crippen LogP contribution is 2.30. The van der Waals surface area contributed by atoms with Crippen LogP contribution in [0.4, 0.5) is 40.3 Å². The Morgan fingerprint density at radius 3 is 1.23 bits per heavy atom. The minimum absolute atomic E-state index is 0.0641. The molecule has 4 aromatic rings. The first kappa shape index (κ1) is 29.7. The van der Waals surface area contributed by atoms with Crippen LogP contribution in [-0.2, 0) is 13.2 Å². The third kappa shape index (κ3) is 8.31. The lowest BCUT2D eigenvalue weighted by Gasteiger charge is -2.16. The summed E-state index contributed by atoms with van der Waals surface area (Å²) in [5.41, 5.74) is 3.11. The number of aliphatic hydroxyl groups is 2. The van der Waals surface area contributed by atoms with Crippen LogP contribution in [0.25, 0.3) is 0 Å². The van der Waals surface area contributed by atoms with Crippen molar-refractivity contribution in [2.45, 2.75) is 19.6 Å². The topological polar surface area (TPSA) is 115 Å². The van der Waals surface area contributed by atoms with Crippen molar-refractivity contribution in [2.24, 2.45) is 10.6 Å². The molecule has 208 valence electrons. The van der Waals surface area contributed by atoms with Gasteiger partial charge in [-0.15, -0.1) is 23.0 Å². The molecule has 0 radical (unpaired) electrons. The number of benzene rings is 4. The number of hydrogen-bond acceptors (Lipinski definition) is 7. The molecule has 0 saturated heterocycles. The number of nitroso groups, excluding NO2 is 2. The highest BCUT2D eigenvalue weighted by molar-refractivity contribution is 5.63. The molecule has 0 saturated carbocycles. The predicted octanol–water partition coefficient (Wildman–Crippen LogP) is 7.03. The molecule has 0 atom stereocenters. The average Bonchev–Trinajstić information content (AvgIpc) is 2.96. The molecule has 4 aromatic carbocycles. The van der Waals surface area contributed by atoms with Crippen LogP contribution < -0.4 is 14.8 Å². The van der Waals surface area contributed by atoms with Gasteiger partial charge in [0.05, 0.1) is 46.5 Å². The normalized spacial score (nSPS) is 10.7. The quantitative estimate of drug-likeness (QED) is 0.129. The summed E-state index contributed by atoms with van der Waals surface area (Å²) in [6.45, 7) is -0.205. The first-order valence-corrected chi connectivity index (χ1v) is 11.4. The average molecular weight is 558 g/mol. The molecule has 0 fully saturated rings. The maximum absolute atomic E-state index is 12.8. The molecule has 0 aromatic heterocycles. The lowest BCUT2D eigenvalue weighted by atomic mass is 10.2. The van der Waals surface area contributed by atoms with Gasteiger partial charge in [-0.25, -0.2) is 4.39 Å². The summed E-state index contributed by atoms with van der Waals surface area (Å²) >= 11 is 0. The van der Waals surface area contributed by atoms with Crippen molar-refractivity contribution < 1.29 is 32.5 Å². The van der Waals surface area contributed by atoms with E-state index < -0.39 is 12.1 Å². The molecular formula is C27H22F4N4O5.